The molecule has 32 heavy (non-hydrogen) atoms. The molecule has 0 atom stereocenters. The number of anilines is 1. The van der Waals surface area contributed by atoms with E-state index in [1.807, 2.05) is 0 Å². The van der Waals surface area contributed by atoms with Crippen molar-refractivity contribution in [2.45, 2.75) is 6.92 Å². The molecule has 0 saturated heterocycles. The monoisotopic (exact) mass is 441 g/mol. The molecule has 2 aromatic rings. The second-order valence-corrected chi connectivity index (χ2v) is 7.00. The lowest BCUT2D eigenvalue weighted by atomic mass is 10.1. The van der Waals surface area contributed by atoms with E-state index in [1.54, 1.807) is 63.5 Å². The summed E-state index contributed by atoms with van der Waals surface area (Å²) in [7, 11) is 3.31. The first kappa shape index (κ1) is 22.6. The van der Waals surface area contributed by atoms with E-state index in [1.165, 1.54) is 4.90 Å². The number of nitrogens with one attached hydrogen (secondary N) is 1. The lowest BCUT2D eigenvalue weighted by Gasteiger charge is -2.11. The van der Waals surface area contributed by atoms with Gasteiger partial charge >= 0.3 is 5.97 Å². The smallest absolute Gasteiger partial charge is 0.347 e. The number of benzene rings is 2. The summed E-state index contributed by atoms with van der Waals surface area (Å²) in [5.41, 5.74) is 2.25. The second kappa shape index (κ2) is 10.3. The van der Waals surface area contributed by atoms with Crippen LogP contribution in [0.2, 0.25) is 0 Å². The third kappa shape index (κ3) is 5.97. The molecule has 0 saturated carbocycles. The van der Waals surface area contributed by atoms with Crippen molar-refractivity contribution in [3.05, 3.63) is 53.6 Å². The number of amides is 2. The van der Waals surface area contributed by atoms with E-state index in [2.05, 4.69) is 10.5 Å². The van der Waals surface area contributed by atoms with E-state index in [0.29, 0.717) is 28.5 Å². The van der Waals surface area contributed by atoms with Gasteiger partial charge in [-0.2, -0.15) is 0 Å². The van der Waals surface area contributed by atoms with Gasteiger partial charge in [-0.05, 0) is 49.4 Å². The van der Waals surface area contributed by atoms with Crippen molar-refractivity contribution >= 4 is 29.2 Å². The number of hydrogen-bond acceptors (Lipinski definition) is 8. The SMILES string of the molecule is C/C(=N/OCC(=O)OCC(=O)Nc1ccc(C(=O)N(C)C)cc1)c1ccc2c(c1)OCO2. The first-order valence-corrected chi connectivity index (χ1v) is 9.67. The van der Waals surface area contributed by atoms with E-state index in [-0.39, 0.29) is 12.7 Å². The fourth-order valence-corrected chi connectivity index (χ4v) is 2.70. The quantitative estimate of drug-likeness (QED) is 0.379. The highest BCUT2D eigenvalue weighted by molar-refractivity contribution is 5.99. The molecule has 168 valence electrons. The lowest BCUT2D eigenvalue weighted by Crippen LogP contribution is -2.23. The summed E-state index contributed by atoms with van der Waals surface area (Å²) in [5, 5.41) is 6.45. The number of hydrogen-bond donors (Lipinski definition) is 1. The van der Waals surface area contributed by atoms with Gasteiger partial charge in [0, 0.05) is 30.9 Å². The third-order valence-electron chi connectivity index (χ3n) is 4.36. The fraction of sp³-hybridized carbons (Fsp3) is 0.273. The van der Waals surface area contributed by atoms with Gasteiger partial charge in [-0.15, -0.1) is 0 Å². The molecule has 0 radical (unpaired) electrons. The van der Waals surface area contributed by atoms with Crippen molar-refractivity contribution in [1.29, 1.82) is 0 Å². The second-order valence-electron chi connectivity index (χ2n) is 7.00. The van der Waals surface area contributed by atoms with Crippen molar-refractivity contribution < 1.29 is 33.4 Å². The van der Waals surface area contributed by atoms with Crippen LogP contribution in [0, 0.1) is 0 Å². The molecule has 2 amide bonds. The van der Waals surface area contributed by atoms with Gasteiger partial charge in [0.15, 0.2) is 18.1 Å². The number of fused-ring (bicyclic) bond motifs is 1. The van der Waals surface area contributed by atoms with Crippen LogP contribution in [0.3, 0.4) is 0 Å². The van der Waals surface area contributed by atoms with Crippen LogP contribution < -0.4 is 14.8 Å². The maximum atomic E-state index is 12.0. The third-order valence-corrected chi connectivity index (χ3v) is 4.36. The fourth-order valence-electron chi connectivity index (χ4n) is 2.70. The molecule has 3 rings (SSSR count). The van der Waals surface area contributed by atoms with Gasteiger partial charge in [0.2, 0.25) is 13.4 Å². The molecule has 0 bridgehead atoms. The number of carbonyl (C=O) groups excluding carboxylic acids is 3. The molecule has 1 aliphatic heterocycles. The molecule has 1 N–H and O–H groups in total. The maximum Gasteiger partial charge on any atom is 0.347 e. The van der Waals surface area contributed by atoms with Crippen LogP contribution in [0.5, 0.6) is 11.5 Å². The van der Waals surface area contributed by atoms with Gasteiger partial charge < -0.3 is 29.3 Å². The summed E-state index contributed by atoms with van der Waals surface area (Å²) in [6, 6.07) is 11.7. The Hall–Kier alpha value is -4.08. The van der Waals surface area contributed by atoms with Crippen molar-refractivity contribution in [2.75, 3.05) is 39.4 Å². The van der Waals surface area contributed by atoms with Crippen molar-refractivity contribution in [3.8, 4) is 11.5 Å². The zero-order chi connectivity index (χ0) is 23.1. The molecule has 0 fully saturated rings. The largest absolute Gasteiger partial charge is 0.454 e. The van der Waals surface area contributed by atoms with Crippen LogP contribution in [0.25, 0.3) is 0 Å². The summed E-state index contributed by atoms with van der Waals surface area (Å²) in [5.74, 6) is -0.142. The van der Waals surface area contributed by atoms with Gasteiger partial charge in [0.1, 0.15) is 0 Å². The number of carbonyl (C=O) groups is 3. The Morgan fingerprint density at radius 3 is 2.41 bits per heavy atom. The normalized spacial score (nSPS) is 12.2. The van der Waals surface area contributed by atoms with E-state index in [0.717, 1.165) is 5.56 Å². The molecule has 2 aromatic carbocycles. The number of oxime groups is 1. The molecule has 0 spiro atoms. The number of esters is 1. The molecule has 10 nitrogen and oxygen atoms in total. The predicted octanol–water partition coefficient (Wildman–Crippen LogP) is 2.04. The van der Waals surface area contributed by atoms with E-state index in [9.17, 15) is 14.4 Å². The minimum absolute atomic E-state index is 0.145. The van der Waals surface area contributed by atoms with Gasteiger partial charge in [0.25, 0.3) is 11.8 Å². The maximum absolute atomic E-state index is 12.0. The number of nitrogens with zero attached hydrogens (tertiary/aromatic N) is 2. The van der Waals surface area contributed by atoms with Crippen LogP contribution in [0.1, 0.15) is 22.8 Å². The van der Waals surface area contributed by atoms with Gasteiger partial charge in [-0.1, -0.05) is 5.16 Å². The molecule has 0 unspecified atom stereocenters. The molecule has 1 heterocycles. The first-order chi connectivity index (χ1) is 15.3. The summed E-state index contributed by atoms with van der Waals surface area (Å²) in [6.07, 6.45) is 0. The molecule has 0 aromatic heterocycles. The molecule has 0 aliphatic carbocycles. The number of ether oxygens (including phenoxy) is 3. The van der Waals surface area contributed by atoms with Crippen molar-refractivity contribution in [1.82, 2.24) is 4.90 Å². The van der Waals surface area contributed by atoms with Gasteiger partial charge in [-0.25, -0.2) is 4.79 Å². The van der Waals surface area contributed by atoms with Gasteiger partial charge in [-0.3, -0.25) is 9.59 Å². The molecule has 10 heteroatoms. The zero-order valence-electron chi connectivity index (χ0n) is 17.9. The lowest BCUT2D eigenvalue weighted by molar-refractivity contribution is -0.151. The summed E-state index contributed by atoms with van der Waals surface area (Å²) < 4.78 is 15.4. The van der Waals surface area contributed by atoms with Crippen molar-refractivity contribution in [3.63, 3.8) is 0 Å². The predicted molar refractivity (Wildman–Crippen MR) is 115 cm³/mol. The van der Waals surface area contributed by atoms with Crippen LogP contribution in [0.4, 0.5) is 5.69 Å². The van der Waals surface area contributed by atoms with Crippen LogP contribution in [0.15, 0.2) is 47.6 Å². The summed E-state index contributed by atoms with van der Waals surface area (Å²) in [4.78, 5) is 42.1. The average Bonchev–Trinajstić information content (AvgIpc) is 3.25. The standard InChI is InChI=1S/C22H23N3O7/c1-14(16-6-9-18-19(10-16)31-13-30-18)24-32-12-21(27)29-11-20(26)23-17-7-4-15(5-8-17)22(28)25(2)3/h4-10H,11-13H2,1-3H3,(H,23,26)/b24-14-. The summed E-state index contributed by atoms with van der Waals surface area (Å²) >= 11 is 0. The van der Waals surface area contributed by atoms with Crippen LogP contribution in [-0.2, 0) is 19.2 Å². The molecular formula is C22H23N3O7. The minimum atomic E-state index is -0.741. The Bertz CT molecular complexity index is 1030. The first-order valence-electron chi connectivity index (χ1n) is 9.67. The zero-order valence-corrected chi connectivity index (χ0v) is 17.9. The van der Waals surface area contributed by atoms with E-state index >= 15 is 0 Å². The molecule has 1 aliphatic rings. The van der Waals surface area contributed by atoms with E-state index < -0.39 is 25.1 Å². The van der Waals surface area contributed by atoms with E-state index in [4.69, 9.17) is 19.0 Å². The Labute approximate surface area is 184 Å². The Kier molecular flexibility index (Phi) is 7.27. The average molecular weight is 441 g/mol. The van der Waals surface area contributed by atoms with Crippen LogP contribution >= 0.6 is 0 Å². The van der Waals surface area contributed by atoms with Gasteiger partial charge in [0.05, 0.1) is 5.71 Å². The number of rotatable bonds is 8. The highest BCUT2D eigenvalue weighted by Gasteiger charge is 2.15. The van der Waals surface area contributed by atoms with Crippen molar-refractivity contribution in [2.24, 2.45) is 5.16 Å². The summed E-state index contributed by atoms with van der Waals surface area (Å²) in [6.45, 7) is 0.960. The highest BCUT2D eigenvalue weighted by atomic mass is 16.7. The molecular weight excluding hydrogens is 418 g/mol. The topological polar surface area (TPSA) is 116 Å². The minimum Gasteiger partial charge on any atom is -0.454 e. The Morgan fingerprint density at radius 1 is 1.00 bits per heavy atom. The highest BCUT2D eigenvalue weighted by Crippen LogP contribution is 2.32. The van der Waals surface area contributed by atoms with Crippen LogP contribution in [-0.4, -0.2) is 62.5 Å². The Morgan fingerprint density at radius 2 is 1.69 bits per heavy atom. The Balaban J connectivity index is 1.40.